The molecule has 17 heavy (non-hydrogen) atoms. The van der Waals surface area contributed by atoms with Crippen molar-refractivity contribution in [3.8, 4) is 0 Å². The van der Waals surface area contributed by atoms with E-state index in [1.807, 2.05) is 0 Å². The maximum atomic E-state index is 11.8. The number of ketones is 1. The minimum atomic E-state index is 0.230. The van der Waals surface area contributed by atoms with E-state index in [1.165, 1.54) is 19.3 Å². The second-order valence-corrected chi connectivity index (χ2v) is 6.32. The van der Waals surface area contributed by atoms with Gasteiger partial charge in [-0.15, -0.1) is 0 Å². The van der Waals surface area contributed by atoms with E-state index in [1.54, 1.807) is 0 Å². The third kappa shape index (κ3) is 2.42. The summed E-state index contributed by atoms with van der Waals surface area (Å²) >= 11 is 0. The lowest BCUT2D eigenvalue weighted by atomic mass is 9.75. The number of hydrogen-bond acceptors (Lipinski definition) is 2. The summed E-state index contributed by atoms with van der Waals surface area (Å²) in [5, 5.41) is 0. The Morgan fingerprint density at radius 3 is 2.53 bits per heavy atom. The van der Waals surface area contributed by atoms with Gasteiger partial charge in [-0.2, -0.15) is 0 Å². The summed E-state index contributed by atoms with van der Waals surface area (Å²) in [7, 11) is 0. The molecule has 0 amide bonds. The maximum absolute atomic E-state index is 11.8. The van der Waals surface area contributed by atoms with Gasteiger partial charge in [-0.05, 0) is 25.2 Å². The van der Waals surface area contributed by atoms with Gasteiger partial charge in [0.1, 0.15) is 5.78 Å². The maximum Gasteiger partial charge on any atom is 0.138 e. The fraction of sp³-hybridized carbons (Fsp3) is 0.933. The van der Waals surface area contributed by atoms with Crippen molar-refractivity contribution in [3.05, 3.63) is 0 Å². The lowest BCUT2D eigenvalue weighted by Crippen LogP contribution is -2.55. The first-order valence-electron chi connectivity index (χ1n) is 7.30. The summed E-state index contributed by atoms with van der Waals surface area (Å²) in [5.74, 6) is 2.32. The van der Waals surface area contributed by atoms with Crippen molar-refractivity contribution >= 4 is 5.78 Å². The molecular formula is C15H27NO. The third-order valence-corrected chi connectivity index (χ3v) is 5.46. The summed E-state index contributed by atoms with van der Waals surface area (Å²) < 4.78 is 0. The highest BCUT2D eigenvalue weighted by atomic mass is 16.1. The van der Waals surface area contributed by atoms with Gasteiger partial charge in [0, 0.05) is 31.0 Å². The van der Waals surface area contributed by atoms with Crippen molar-refractivity contribution in [3.63, 3.8) is 0 Å². The second-order valence-electron chi connectivity index (χ2n) is 6.32. The molecule has 5 atom stereocenters. The van der Waals surface area contributed by atoms with Gasteiger partial charge in [0.05, 0.1) is 0 Å². The van der Waals surface area contributed by atoms with Gasteiger partial charge in [-0.3, -0.25) is 9.69 Å². The molecule has 2 nitrogen and oxygen atoms in total. The minimum absolute atomic E-state index is 0.230. The molecule has 2 rings (SSSR count). The summed E-state index contributed by atoms with van der Waals surface area (Å²) in [6.07, 6.45) is 4.84. The van der Waals surface area contributed by atoms with Crippen LogP contribution in [-0.4, -0.2) is 29.3 Å². The average Bonchev–Trinajstić information content (AvgIpc) is 2.31. The normalized spacial score (nSPS) is 44.9. The molecule has 0 aromatic heterocycles. The quantitative estimate of drug-likeness (QED) is 0.698. The molecule has 0 spiro atoms. The standard InChI is InChI=1S/C15H27NO/c1-10-6-5-7-14(11(10)2)16-9-8-15(17)12(3)13(16)4/h10-14H,5-9H2,1-4H3. The van der Waals surface area contributed by atoms with Crippen molar-refractivity contribution in [1.82, 2.24) is 4.90 Å². The fourth-order valence-electron chi connectivity index (χ4n) is 3.72. The summed E-state index contributed by atoms with van der Waals surface area (Å²) in [6, 6.07) is 1.15. The Bertz CT molecular complexity index is 289. The minimum Gasteiger partial charge on any atom is -0.299 e. The highest BCUT2D eigenvalue weighted by Gasteiger charge is 2.38. The predicted octanol–water partition coefficient (Wildman–Crippen LogP) is 3.11. The molecule has 0 N–H and O–H groups in total. The SMILES string of the molecule is CC1CCCC(N2CCC(=O)C(C)C2C)C1C. The Hall–Kier alpha value is -0.370. The molecule has 0 bridgehead atoms. The first-order chi connectivity index (χ1) is 8.02. The van der Waals surface area contributed by atoms with E-state index in [0.717, 1.165) is 24.8 Å². The molecule has 1 heterocycles. The van der Waals surface area contributed by atoms with Crippen LogP contribution in [0.4, 0.5) is 0 Å². The smallest absolute Gasteiger partial charge is 0.138 e. The highest BCUT2D eigenvalue weighted by molar-refractivity contribution is 5.82. The summed E-state index contributed by atoms with van der Waals surface area (Å²) in [5.41, 5.74) is 0. The van der Waals surface area contributed by atoms with Gasteiger partial charge in [0.2, 0.25) is 0 Å². The van der Waals surface area contributed by atoms with Crippen molar-refractivity contribution in [2.45, 2.75) is 65.5 Å². The fourth-order valence-corrected chi connectivity index (χ4v) is 3.72. The molecule has 0 aromatic carbocycles. The van der Waals surface area contributed by atoms with Crippen molar-refractivity contribution in [2.75, 3.05) is 6.54 Å². The lowest BCUT2D eigenvalue weighted by molar-refractivity contribution is -0.130. The van der Waals surface area contributed by atoms with E-state index in [0.29, 0.717) is 17.9 Å². The number of hydrogen-bond donors (Lipinski definition) is 0. The van der Waals surface area contributed by atoms with Gasteiger partial charge in [0.25, 0.3) is 0 Å². The van der Waals surface area contributed by atoms with E-state index in [9.17, 15) is 4.79 Å². The molecule has 1 aliphatic carbocycles. The van der Waals surface area contributed by atoms with Crippen molar-refractivity contribution < 1.29 is 4.79 Å². The number of rotatable bonds is 1. The molecular weight excluding hydrogens is 210 g/mol. The van der Waals surface area contributed by atoms with Gasteiger partial charge >= 0.3 is 0 Å². The largest absolute Gasteiger partial charge is 0.299 e. The summed E-state index contributed by atoms with van der Waals surface area (Å²) in [4.78, 5) is 14.4. The lowest BCUT2D eigenvalue weighted by Gasteiger charge is -2.47. The highest BCUT2D eigenvalue weighted by Crippen LogP contribution is 2.36. The van der Waals surface area contributed by atoms with Gasteiger partial charge in [0.15, 0.2) is 0 Å². The van der Waals surface area contributed by atoms with Gasteiger partial charge in [-0.1, -0.05) is 33.6 Å². The van der Waals surface area contributed by atoms with Gasteiger partial charge in [-0.25, -0.2) is 0 Å². The van der Waals surface area contributed by atoms with Crippen LogP contribution in [0.3, 0.4) is 0 Å². The molecule has 2 fully saturated rings. The van der Waals surface area contributed by atoms with E-state index in [4.69, 9.17) is 0 Å². The first kappa shape index (κ1) is 13.1. The van der Waals surface area contributed by atoms with Crippen LogP contribution in [0.15, 0.2) is 0 Å². The number of Topliss-reactive ketones (excluding diaryl/α,β-unsaturated/α-hetero) is 1. The van der Waals surface area contributed by atoms with Crippen LogP contribution >= 0.6 is 0 Å². The number of likely N-dealkylation sites (tertiary alicyclic amines) is 1. The summed E-state index contributed by atoms with van der Waals surface area (Å²) in [6.45, 7) is 10.1. The Morgan fingerprint density at radius 1 is 1.12 bits per heavy atom. The molecule has 0 aromatic rings. The number of piperidine rings is 1. The molecule has 1 aliphatic heterocycles. The molecule has 0 radical (unpaired) electrons. The van der Waals surface area contributed by atoms with Crippen molar-refractivity contribution in [2.24, 2.45) is 17.8 Å². The number of nitrogens with zero attached hydrogens (tertiary/aromatic N) is 1. The monoisotopic (exact) mass is 237 g/mol. The van der Waals surface area contributed by atoms with Crippen LogP contribution < -0.4 is 0 Å². The van der Waals surface area contributed by atoms with Crippen molar-refractivity contribution in [1.29, 1.82) is 0 Å². The zero-order valence-electron chi connectivity index (χ0n) is 11.8. The zero-order valence-corrected chi connectivity index (χ0v) is 11.8. The molecule has 1 saturated carbocycles. The first-order valence-corrected chi connectivity index (χ1v) is 7.30. The van der Waals surface area contributed by atoms with Crippen LogP contribution in [0.5, 0.6) is 0 Å². The molecule has 2 heteroatoms. The topological polar surface area (TPSA) is 20.3 Å². The third-order valence-electron chi connectivity index (χ3n) is 5.46. The Labute approximate surface area is 106 Å². The zero-order chi connectivity index (χ0) is 12.6. The van der Waals surface area contributed by atoms with Crippen LogP contribution in [0.2, 0.25) is 0 Å². The van der Waals surface area contributed by atoms with Crippen LogP contribution in [-0.2, 0) is 4.79 Å². The van der Waals surface area contributed by atoms with E-state index in [2.05, 4.69) is 32.6 Å². The molecule has 2 aliphatic rings. The van der Waals surface area contributed by atoms with Gasteiger partial charge < -0.3 is 0 Å². The Morgan fingerprint density at radius 2 is 1.82 bits per heavy atom. The number of carbonyl (C=O) groups excluding carboxylic acids is 1. The average molecular weight is 237 g/mol. The van der Waals surface area contributed by atoms with Crippen LogP contribution in [0, 0.1) is 17.8 Å². The van der Waals surface area contributed by atoms with E-state index < -0.39 is 0 Å². The van der Waals surface area contributed by atoms with Crippen LogP contribution in [0.1, 0.15) is 53.4 Å². The Balaban J connectivity index is 2.08. The van der Waals surface area contributed by atoms with Crippen LogP contribution in [0.25, 0.3) is 0 Å². The predicted molar refractivity (Wildman–Crippen MR) is 70.9 cm³/mol. The molecule has 1 saturated heterocycles. The number of carbonyl (C=O) groups is 1. The van der Waals surface area contributed by atoms with E-state index in [-0.39, 0.29) is 5.92 Å². The molecule has 98 valence electrons. The second kappa shape index (κ2) is 5.09. The van der Waals surface area contributed by atoms with E-state index >= 15 is 0 Å². The molecule has 5 unspecified atom stereocenters. The Kier molecular flexibility index (Phi) is 3.92.